The molecule has 0 aliphatic rings. The second-order valence-corrected chi connectivity index (χ2v) is 4.20. The van der Waals surface area contributed by atoms with Crippen molar-refractivity contribution >= 4 is 5.97 Å². The molecule has 1 aromatic carbocycles. The molecule has 1 unspecified atom stereocenters. The van der Waals surface area contributed by atoms with E-state index in [-0.39, 0.29) is 11.7 Å². The molecule has 0 radical (unpaired) electrons. The van der Waals surface area contributed by atoms with Gasteiger partial charge in [0.25, 0.3) is 0 Å². The second kappa shape index (κ2) is 4.53. The maximum atomic E-state index is 10.9. The minimum Gasteiger partial charge on any atom is -0.507 e. The van der Waals surface area contributed by atoms with Crippen molar-refractivity contribution in [2.24, 2.45) is 5.73 Å². The molecule has 0 bridgehead atoms. The first kappa shape index (κ1) is 12.5. The molecule has 16 heavy (non-hydrogen) atoms. The third-order valence-electron chi connectivity index (χ3n) is 2.65. The topological polar surface area (TPSA) is 83.6 Å². The first-order valence-corrected chi connectivity index (χ1v) is 5.17. The molecule has 0 saturated carbocycles. The number of carbonyl (C=O) groups is 1. The van der Waals surface area contributed by atoms with E-state index < -0.39 is 12.0 Å². The third-order valence-corrected chi connectivity index (χ3v) is 2.65. The highest BCUT2D eigenvalue weighted by atomic mass is 16.4. The van der Waals surface area contributed by atoms with Gasteiger partial charge in [0.2, 0.25) is 0 Å². The molecule has 0 spiro atoms. The minimum absolute atomic E-state index is 0.0129. The third kappa shape index (κ3) is 2.17. The lowest BCUT2D eigenvalue weighted by Gasteiger charge is -2.18. The standard InChI is InChI=1S/C12H17NO3/c1-6(2)8-5-4-7(3)11(14)9(8)10(13)12(15)16/h4-6,10,14H,13H2,1-3H3,(H,15,16). The number of benzene rings is 1. The lowest BCUT2D eigenvalue weighted by molar-refractivity contribution is -0.138. The summed E-state index contributed by atoms with van der Waals surface area (Å²) >= 11 is 0. The van der Waals surface area contributed by atoms with Gasteiger partial charge in [-0.1, -0.05) is 26.0 Å². The second-order valence-electron chi connectivity index (χ2n) is 4.20. The number of aliphatic carboxylic acids is 1. The van der Waals surface area contributed by atoms with Crippen LogP contribution in [-0.4, -0.2) is 16.2 Å². The number of rotatable bonds is 3. The summed E-state index contributed by atoms with van der Waals surface area (Å²) in [6.07, 6.45) is 0. The summed E-state index contributed by atoms with van der Waals surface area (Å²) in [5.74, 6) is -1.03. The maximum absolute atomic E-state index is 10.9. The monoisotopic (exact) mass is 223 g/mol. The van der Waals surface area contributed by atoms with E-state index in [1.807, 2.05) is 19.9 Å². The molecule has 1 rings (SSSR count). The number of hydrogen-bond acceptors (Lipinski definition) is 3. The largest absolute Gasteiger partial charge is 0.507 e. The number of aryl methyl sites for hydroxylation is 1. The van der Waals surface area contributed by atoms with Crippen molar-refractivity contribution in [2.45, 2.75) is 32.7 Å². The van der Waals surface area contributed by atoms with Crippen LogP contribution in [0.4, 0.5) is 0 Å². The fourth-order valence-electron chi connectivity index (χ4n) is 1.69. The summed E-state index contributed by atoms with van der Waals surface area (Å²) in [5, 5.41) is 18.8. The Hall–Kier alpha value is -1.55. The molecule has 0 aliphatic heterocycles. The summed E-state index contributed by atoms with van der Waals surface area (Å²) in [6.45, 7) is 5.59. The van der Waals surface area contributed by atoms with Crippen molar-refractivity contribution in [1.29, 1.82) is 0 Å². The van der Waals surface area contributed by atoms with Gasteiger partial charge in [-0.2, -0.15) is 0 Å². The zero-order valence-electron chi connectivity index (χ0n) is 9.69. The van der Waals surface area contributed by atoms with Gasteiger partial charge >= 0.3 is 5.97 Å². The van der Waals surface area contributed by atoms with Crippen LogP contribution in [-0.2, 0) is 4.79 Å². The van der Waals surface area contributed by atoms with E-state index in [0.717, 1.165) is 5.56 Å². The highest BCUT2D eigenvalue weighted by Gasteiger charge is 2.23. The lowest BCUT2D eigenvalue weighted by atomic mass is 9.90. The Bertz CT molecular complexity index is 413. The van der Waals surface area contributed by atoms with Gasteiger partial charge in [-0.15, -0.1) is 0 Å². The molecule has 88 valence electrons. The van der Waals surface area contributed by atoms with E-state index in [2.05, 4.69) is 0 Å². The van der Waals surface area contributed by atoms with Crippen LogP contribution in [0.15, 0.2) is 12.1 Å². The van der Waals surface area contributed by atoms with Crippen LogP contribution in [0, 0.1) is 6.92 Å². The van der Waals surface area contributed by atoms with Gasteiger partial charge in [0.05, 0.1) is 0 Å². The number of aromatic hydroxyl groups is 1. The first-order chi connectivity index (χ1) is 7.36. The molecular weight excluding hydrogens is 206 g/mol. The number of phenolic OH excluding ortho intramolecular Hbond substituents is 1. The Kier molecular flexibility index (Phi) is 3.55. The van der Waals surface area contributed by atoms with Crippen molar-refractivity contribution in [3.8, 4) is 5.75 Å². The molecule has 0 fully saturated rings. The number of phenols is 1. The highest BCUT2D eigenvalue weighted by molar-refractivity contribution is 5.77. The van der Waals surface area contributed by atoms with Crippen LogP contribution >= 0.6 is 0 Å². The van der Waals surface area contributed by atoms with Crippen LogP contribution in [0.3, 0.4) is 0 Å². The van der Waals surface area contributed by atoms with Gasteiger partial charge in [-0.3, -0.25) is 4.79 Å². The van der Waals surface area contributed by atoms with Gasteiger partial charge in [0.1, 0.15) is 11.8 Å². The summed E-state index contributed by atoms with van der Waals surface area (Å²) in [4.78, 5) is 10.9. The van der Waals surface area contributed by atoms with Crippen LogP contribution in [0.5, 0.6) is 5.75 Å². The zero-order chi connectivity index (χ0) is 12.5. The number of carboxylic acid groups (broad SMARTS) is 1. The molecule has 4 heteroatoms. The Balaban J connectivity index is 3.43. The Morgan fingerprint density at radius 2 is 1.94 bits per heavy atom. The van der Waals surface area contributed by atoms with E-state index in [0.29, 0.717) is 11.1 Å². The molecule has 0 aliphatic carbocycles. The fraction of sp³-hybridized carbons (Fsp3) is 0.417. The number of carboxylic acids is 1. The van der Waals surface area contributed by atoms with Crippen molar-refractivity contribution in [1.82, 2.24) is 0 Å². The lowest BCUT2D eigenvalue weighted by Crippen LogP contribution is -2.22. The maximum Gasteiger partial charge on any atom is 0.325 e. The smallest absolute Gasteiger partial charge is 0.325 e. The Morgan fingerprint density at radius 1 is 1.38 bits per heavy atom. The van der Waals surface area contributed by atoms with Gasteiger partial charge in [-0.25, -0.2) is 0 Å². The zero-order valence-corrected chi connectivity index (χ0v) is 9.69. The molecule has 0 heterocycles. The van der Waals surface area contributed by atoms with E-state index in [1.54, 1.807) is 13.0 Å². The highest BCUT2D eigenvalue weighted by Crippen LogP contribution is 2.34. The first-order valence-electron chi connectivity index (χ1n) is 5.17. The molecule has 0 saturated heterocycles. The van der Waals surface area contributed by atoms with Crippen LogP contribution in [0.2, 0.25) is 0 Å². The summed E-state index contributed by atoms with van der Waals surface area (Å²) in [6, 6.07) is 2.40. The van der Waals surface area contributed by atoms with Crippen molar-refractivity contribution in [2.75, 3.05) is 0 Å². The van der Waals surface area contributed by atoms with Gasteiger partial charge in [0, 0.05) is 5.56 Å². The van der Waals surface area contributed by atoms with Gasteiger partial charge in [-0.05, 0) is 24.0 Å². The van der Waals surface area contributed by atoms with Crippen LogP contribution in [0.1, 0.15) is 42.5 Å². The summed E-state index contributed by atoms with van der Waals surface area (Å²) in [7, 11) is 0. The minimum atomic E-state index is -1.18. The van der Waals surface area contributed by atoms with E-state index in [4.69, 9.17) is 10.8 Å². The molecule has 1 aromatic rings. The van der Waals surface area contributed by atoms with Crippen LogP contribution in [0.25, 0.3) is 0 Å². The average Bonchev–Trinajstić information content (AvgIpc) is 2.20. The average molecular weight is 223 g/mol. The van der Waals surface area contributed by atoms with Gasteiger partial charge < -0.3 is 15.9 Å². The van der Waals surface area contributed by atoms with E-state index in [9.17, 15) is 9.90 Å². The van der Waals surface area contributed by atoms with E-state index in [1.165, 1.54) is 0 Å². The van der Waals surface area contributed by atoms with Crippen molar-refractivity contribution in [3.63, 3.8) is 0 Å². The molecular formula is C12H17NO3. The van der Waals surface area contributed by atoms with Crippen molar-refractivity contribution < 1.29 is 15.0 Å². The molecule has 0 aromatic heterocycles. The summed E-state index contributed by atoms with van der Waals surface area (Å²) in [5.41, 5.74) is 7.32. The molecule has 4 nitrogen and oxygen atoms in total. The van der Waals surface area contributed by atoms with Crippen LogP contribution < -0.4 is 5.73 Å². The van der Waals surface area contributed by atoms with E-state index >= 15 is 0 Å². The Morgan fingerprint density at radius 3 is 2.38 bits per heavy atom. The molecule has 4 N–H and O–H groups in total. The SMILES string of the molecule is Cc1ccc(C(C)C)c(C(N)C(=O)O)c1O. The van der Waals surface area contributed by atoms with Crippen molar-refractivity contribution in [3.05, 3.63) is 28.8 Å². The predicted molar refractivity (Wildman–Crippen MR) is 61.5 cm³/mol. The molecule has 1 atom stereocenters. The number of nitrogens with two attached hydrogens (primary N) is 1. The predicted octanol–water partition coefficient (Wildman–Crippen LogP) is 1.91. The fourth-order valence-corrected chi connectivity index (χ4v) is 1.69. The molecule has 0 amide bonds. The number of hydrogen-bond donors (Lipinski definition) is 3. The van der Waals surface area contributed by atoms with Gasteiger partial charge in [0.15, 0.2) is 0 Å². The Labute approximate surface area is 94.7 Å². The quantitative estimate of drug-likeness (QED) is 0.730. The summed E-state index contributed by atoms with van der Waals surface area (Å²) < 4.78 is 0. The normalized spacial score (nSPS) is 12.8.